The second-order valence-electron chi connectivity index (χ2n) is 7.14. The predicted octanol–water partition coefficient (Wildman–Crippen LogP) is 1.69. The third kappa shape index (κ3) is 3.86. The van der Waals surface area contributed by atoms with Crippen LogP contribution in [0.25, 0.3) is 0 Å². The van der Waals surface area contributed by atoms with Crippen molar-refractivity contribution in [2.75, 3.05) is 25.6 Å². The molecule has 0 radical (unpaired) electrons. The molecule has 0 bridgehead atoms. The molecular weight excluding hydrogens is 352 g/mol. The van der Waals surface area contributed by atoms with Crippen molar-refractivity contribution >= 4 is 17.7 Å². The van der Waals surface area contributed by atoms with Crippen molar-refractivity contribution in [1.29, 1.82) is 0 Å². The van der Waals surface area contributed by atoms with Crippen LogP contribution in [0.5, 0.6) is 5.75 Å². The molecule has 1 aliphatic carbocycles. The van der Waals surface area contributed by atoms with Crippen molar-refractivity contribution in [2.24, 2.45) is 5.92 Å². The Labute approximate surface area is 157 Å². The molecule has 27 heavy (non-hydrogen) atoms. The number of nitrogens with one attached hydrogen (secondary N) is 2. The first-order chi connectivity index (χ1) is 13.1. The summed E-state index contributed by atoms with van der Waals surface area (Å²) >= 11 is 0. The summed E-state index contributed by atoms with van der Waals surface area (Å²) in [6, 6.07) is 6.76. The number of carbonyl (C=O) groups excluding carboxylic acids is 2. The van der Waals surface area contributed by atoms with E-state index in [1.165, 1.54) is 0 Å². The first-order valence-electron chi connectivity index (χ1n) is 9.29. The molecule has 8 heteroatoms. The number of hydrogen-bond acceptors (Lipinski definition) is 6. The largest absolute Gasteiger partial charge is 0.497 e. The molecule has 4 rings (SSSR count). The lowest BCUT2D eigenvalue weighted by molar-refractivity contribution is -0.128. The van der Waals surface area contributed by atoms with Gasteiger partial charge in [0.2, 0.25) is 5.91 Å². The summed E-state index contributed by atoms with van der Waals surface area (Å²) in [6.07, 6.45) is 1.29. The molecule has 4 atom stereocenters. The normalized spacial score (nSPS) is 29.5. The van der Waals surface area contributed by atoms with Crippen molar-refractivity contribution < 1.29 is 28.5 Å². The Morgan fingerprint density at radius 1 is 1.07 bits per heavy atom. The Morgan fingerprint density at radius 2 is 1.81 bits per heavy atom. The molecule has 146 valence electrons. The number of hydrogen-bond donors (Lipinski definition) is 2. The molecule has 0 aromatic heterocycles. The Kier molecular flexibility index (Phi) is 5.18. The summed E-state index contributed by atoms with van der Waals surface area (Å²) in [5.74, 6) is 0.892. The number of rotatable bonds is 5. The van der Waals surface area contributed by atoms with Gasteiger partial charge in [0.25, 0.3) is 0 Å². The maximum absolute atomic E-state index is 12.2. The fourth-order valence-electron chi connectivity index (χ4n) is 3.62. The third-order valence-electron chi connectivity index (χ3n) is 5.41. The van der Waals surface area contributed by atoms with Crippen LogP contribution < -0.4 is 15.4 Å². The van der Waals surface area contributed by atoms with Gasteiger partial charge in [-0.2, -0.15) is 0 Å². The molecule has 2 aliphatic heterocycles. The Morgan fingerprint density at radius 3 is 2.48 bits per heavy atom. The lowest BCUT2D eigenvalue weighted by atomic mass is 9.84. The zero-order chi connectivity index (χ0) is 18.8. The first-order valence-corrected chi connectivity index (χ1v) is 9.29. The lowest BCUT2D eigenvalue weighted by Gasteiger charge is -2.27. The summed E-state index contributed by atoms with van der Waals surface area (Å²) in [5, 5.41) is 5.70. The van der Waals surface area contributed by atoms with Gasteiger partial charge in [0.05, 0.1) is 26.4 Å². The van der Waals surface area contributed by atoms with E-state index in [9.17, 15) is 9.59 Å². The number of methoxy groups -OCH3 is 1. The molecule has 2 N–H and O–H groups in total. The van der Waals surface area contributed by atoms with Gasteiger partial charge < -0.3 is 24.3 Å². The molecule has 3 fully saturated rings. The van der Waals surface area contributed by atoms with Crippen LogP contribution in [-0.2, 0) is 19.0 Å². The van der Waals surface area contributed by atoms with Crippen molar-refractivity contribution in [3.8, 4) is 5.75 Å². The standard InChI is InChI=1S/C19H24N2O6/c1-24-13-7-5-12(6-8-13)20-19(23)27-15-10-26-16-14(9-25-17(15)16)21-18(22)11-3-2-4-11/h5-8,11,14-17H,2-4,9-10H2,1H3,(H,20,23)(H,21,22)/t14-,15+,16+,17+/m0/s1. The molecule has 0 spiro atoms. The van der Waals surface area contributed by atoms with Crippen LogP contribution in [0.1, 0.15) is 19.3 Å². The average molecular weight is 376 g/mol. The maximum atomic E-state index is 12.2. The summed E-state index contributed by atoms with van der Waals surface area (Å²) < 4.78 is 22.1. The third-order valence-corrected chi connectivity index (χ3v) is 5.41. The number of amides is 2. The fourth-order valence-corrected chi connectivity index (χ4v) is 3.62. The summed E-state index contributed by atoms with van der Waals surface area (Å²) in [7, 11) is 1.58. The topological polar surface area (TPSA) is 95.1 Å². The Balaban J connectivity index is 1.28. The van der Waals surface area contributed by atoms with Crippen LogP contribution in [-0.4, -0.2) is 56.7 Å². The van der Waals surface area contributed by atoms with Gasteiger partial charge in [-0.3, -0.25) is 10.1 Å². The average Bonchev–Trinajstić information content (AvgIpc) is 3.18. The van der Waals surface area contributed by atoms with Crippen LogP contribution in [0.4, 0.5) is 10.5 Å². The Hall–Kier alpha value is -2.32. The Bertz CT molecular complexity index is 690. The molecule has 1 aromatic carbocycles. The summed E-state index contributed by atoms with van der Waals surface area (Å²) in [6.45, 7) is 0.620. The van der Waals surface area contributed by atoms with Gasteiger partial charge in [-0.25, -0.2) is 4.79 Å². The van der Waals surface area contributed by atoms with Gasteiger partial charge in [-0.1, -0.05) is 6.42 Å². The van der Waals surface area contributed by atoms with E-state index in [2.05, 4.69) is 10.6 Å². The number of carbonyl (C=O) groups is 2. The van der Waals surface area contributed by atoms with Crippen molar-refractivity contribution in [3.63, 3.8) is 0 Å². The van der Waals surface area contributed by atoms with Crippen LogP contribution in [0.2, 0.25) is 0 Å². The van der Waals surface area contributed by atoms with Crippen molar-refractivity contribution in [2.45, 2.75) is 43.6 Å². The first kappa shape index (κ1) is 18.1. The highest BCUT2D eigenvalue weighted by Crippen LogP contribution is 2.31. The number of anilines is 1. The second kappa shape index (κ2) is 7.74. The molecule has 2 saturated heterocycles. The van der Waals surface area contributed by atoms with Gasteiger partial charge in [0.15, 0.2) is 6.10 Å². The monoisotopic (exact) mass is 376 g/mol. The predicted molar refractivity (Wildman–Crippen MR) is 95.6 cm³/mol. The summed E-state index contributed by atoms with van der Waals surface area (Å²) in [4.78, 5) is 24.3. The molecule has 1 saturated carbocycles. The number of benzene rings is 1. The zero-order valence-electron chi connectivity index (χ0n) is 15.2. The minimum atomic E-state index is -0.569. The number of fused-ring (bicyclic) bond motifs is 1. The van der Waals surface area contributed by atoms with E-state index < -0.39 is 12.2 Å². The SMILES string of the molecule is COc1ccc(NC(=O)O[C@@H]2CO[C@H]3[C@@H]2OC[C@@H]3NC(=O)C2CCC2)cc1. The van der Waals surface area contributed by atoms with Crippen LogP contribution in [0.3, 0.4) is 0 Å². The van der Waals surface area contributed by atoms with E-state index in [1.54, 1.807) is 31.4 Å². The zero-order valence-corrected chi connectivity index (χ0v) is 15.2. The van der Waals surface area contributed by atoms with Crippen LogP contribution >= 0.6 is 0 Å². The van der Waals surface area contributed by atoms with Crippen molar-refractivity contribution in [1.82, 2.24) is 5.32 Å². The van der Waals surface area contributed by atoms with E-state index in [0.717, 1.165) is 19.3 Å². The quantitative estimate of drug-likeness (QED) is 0.812. The van der Waals surface area contributed by atoms with Gasteiger partial charge in [-0.05, 0) is 37.1 Å². The van der Waals surface area contributed by atoms with Crippen molar-refractivity contribution in [3.05, 3.63) is 24.3 Å². The molecular formula is C19H24N2O6. The fraction of sp³-hybridized carbons (Fsp3) is 0.579. The van der Waals surface area contributed by atoms with E-state index >= 15 is 0 Å². The van der Waals surface area contributed by atoms with E-state index in [0.29, 0.717) is 18.0 Å². The highest BCUT2D eigenvalue weighted by atomic mass is 16.6. The van der Waals surface area contributed by atoms with Gasteiger partial charge in [0.1, 0.15) is 18.0 Å². The molecule has 0 unspecified atom stereocenters. The lowest BCUT2D eigenvalue weighted by Crippen LogP contribution is -2.47. The van der Waals surface area contributed by atoms with E-state index in [-0.39, 0.29) is 36.7 Å². The molecule has 8 nitrogen and oxygen atoms in total. The highest BCUT2D eigenvalue weighted by Gasteiger charge is 2.50. The van der Waals surface area contributed by atoms with Gasteiger partial charge in [0, 0.05) is 11.6 Å². The van der Waals surface area contributed by atoms with Crippen LogP contribution in [0.15, 0.2) is 24.3 Å². The maximum Gasteiger partial charge on any atom is 0.412 e. The molecule has 1 aromatic rings. The molecule has 2 amide bonds. The number of ether oxygens (including phenoxy) is 4. The summed E-state index contributed by atoms with van der Waals surface area (Å²) in [5.41, 5.74) is 0.606. The second-order valence-corrected chi connectivity index (χ2v) is 7.14. The highest BCUT2D eigenvalue weighted by molar-refractivity contribution is 5.84. The smallest absolute Gasteiger partial charge is 0.412 e. The van der Waals surface area contributed by atoms with Gasteiger partial charge >= 0.3 is 6.09 Å². The van der Waals surface area contributed by atoms with Crippen LogP contribution in [0, 0.1) is 5.92 Å². The van der Waals surface area contributed by atoms with Gasteiger partial charge in [-0.15, -0.1) is 0 Å². The van der Waals surface area contributed by atoms with E-state index in [1.807, 2.05) is 0 Å². The minimum Gasteiger partial charge on any atom is -0.497 e. The molecule has 3 aliphatic rings. The van der Waals surface area contributed by atoms with E-state index in [4.69, 9.17) is 18.9 Å². The minimum absolute atomic E-state index is 0.0701. The molecule has 2 heterocycles.